The maximum atomic E-state index is 12.3. The van der Waals surface area contributed by atoms with Crippen molar-refractivity contribution in [3.05, 3.63) is 60.7 Å². The fraction of sp³-hybridized carbons (Fsp3) is 0.316. The van der Waals surface area contributed by atoms with Crippen LogP contribution in [0.5, 0.6) is 0 Å². The summed E-state index contributed by atoms with van der Waals surface area (Å²) < 4.78 is 63.3. The molecule has 0 radical (unpaired) electrons. The van der Waals surface area contributed by atoms with Crippen molar-refractivity contribution in [1.82, 2.24) is 0 Å². The molecular weight excluding hydrogens is 420 g/mol. The highest BCUT2D eigenvalue weighted by Crippen LogP contribution is 2.18. The predicted molar refractivity (Wildman–Crippen MR) is 104 cm³/mol. The first-order chi connectivity index (χ1) is 13.8. The van der Waals surface area contributed by atoms with E-state index in [-0.39, 0.29) is 35.7 Å². The first-order valence-corrected chi connectivity index (χ1v) is 11.6. The highest BCUT2D eigenvalue weighted by molar-refractivity contribution is 7.87. The molecule has 8 nitrogen and oxygen atoms in total. The second kappa shape index (κ2) is 10.5. The normalized spacial score (nSPS) is 13.0. The summed E-state index contributed by atoms with van der Waals surface area (Å²) in [4.78, 5) is 11.9. The van der Waals surface area contributed by atoms with Gasteiger partial charge in [-0.25, -0.2) is 4.79 Å². The summed E-state index contributed by atoms with van der Waals surface area (Å²) in [5.41, 5.74) is 0. The Hall–Kier alpha value is -2.27. The number of ether oxygens (including phenoxy) is 1. The highest BCUT2D eigenvalue weighted by atomic mass is 32.2. The van der Waals surface area contributed by atoms with Crippen molar-refractivity contribution in [2.75, 3.05) is 13.7 Å². The van der Waals surface area contributed by atoms with E-state index < -0.39 is 32.3 Å². The lowest BCUT2D eigenvalue weighted by Crippen LogP contribution is -2.28. The largest absolute Gasteiger partial charge is 0.467 e. The zero-order valence-electron chi connectivity index (χ0n) is 15.8. The summed E-state index contributed by atoms with van der Waals surface area (Å²) in [7, 11) is -6.88. The first-order valence-electron chi connectivity index (χ1n) is 8.77. The molecule has 0 saturated heterocycles. The van der Waals surface area contributed by atoms with E-state index in [0.29, 0.717) is 0 Å². The van der Waals surface area contributed by atoms with E-state index in [9.17, 15) is 21.6 Å². The van der Waals surface area contributed by atoms with Crippen molar-refractivity contribution < 1.29 is 34.7 Å². The highest BCUT2D eigenvalue weighted by Gasteiger charge is 2.28. The van der Waals surface area contributed by atoms with E-state index in [1.165, 1.54) is 36.4 Å². The lowest BCUT2D eigenvalue weighted by Gasteiger charge is -2.15. The number of rotatable bonds is 11. The molecule has 0 saturated carbocycles. The third-order valence-electron chi connectivity index (χ3n) is 3.87. The molecule has 0 aliphatic carbocycles. The van der Waals surface area contributed by atoms with Gasteiger partial charge in [0.15, 0.2) is 6.10 Å². The van der Waals surface area contributed by atoms with Crippen LogP contribution < -0.4 is 0 Å². The van der Waals surface area contributed by atoms with Gasteiger partial charge in [-0.15, -0.1) is 0 Å². The molecule has 2 rings (SSSR count). The average Bonchev–Trinajstić information content (AvgIpc) is 2.73. The number of esters is 1. The summed E-state index contributed by atoms with van der Waals surface area (Å²) in [6.45, 7) is -0.115. The van der Waals surface area contributed by atoms with E-state index in [1.54, 1.807) is 24.3 Å². The minimum Gasteiger partial charge on any atom is -0.467 e. The Morgan fingerprint density at radius 1 is 0.828 bits per heavy atom. The topological polar surface area (TPSA) is 113 Å². The molecule has 0 aliphatic heterocycles. The molecular formula is C19H22O8S2. The third-order valence-corrected chi connectivity index (χ3v) is 6.53. The SMILES string of the molecule is COC(=O)C(CCCCOS(=O)(=O)c1ccccc1)OS(=O)(=O)c1ccccc1. The smallest absolute Gasteiger partial charge is 0.336 e. The van der Waals surface area contributed by atoms with Crippen LogP contribution in [0.25, 0.3) is 0 Å². The van der Waals surface area contributed by atoms with Gasteiger partial charge in [0.2, 0.25) is 0 Å². The second-order valence-electron chi connectivity index (χ2n) is 5.96. The molecule has 158 valence electrons. The number of hydrogen-bond donors (Lipinski definition) is 0. The molecule has 2 aromatic carbocycles. The van der Waals surface area contributed by atoms with E-state index in [4.69, 9.17) is 8.37 Å². The molecule has 2 aromatic rings. The maximum absolute atomic E-state index is 12.3. The van der Waals surface area contributed by atoms with E-state index in [2.05, 4.69) is 4.74 Å². The van der Waals surface area contributed by atoms with Crippen molar-refractivity contribution in [3.63, 3.8) is 0 Å². The van der Waals surface area contributed by atoms with Crippen LogP contribution >= 0.6 is 0 Å². The van der Waals surface area contributed by atoms with E-state index >= 15 is 0 Å². The van der Waals surface area contributed by atoms with Crippen LogP contribution in [0, 0.1) is 0 Å². The summed E-state index contributed by atoms with van der Waals surface area (Å²) in [5, 5.41) is 0. The fourth-order valence-electron chi connectivity index (χ4n) is 2.39. The summed E-state index contributed by atoms with van der Waals surface area (Å²) in [6.07, 6.45) is -0.758. The molecule has 0 heterocycles. The molecule has 0 aromatic heterocycles. The minimum absolute atomic E-state index is 0.0213. The number of methoxy groups -OCH3 is 1. The predicted octanol–water partition coefficient (Wildman–Crippen LogP) is 2.51. The van der Waals surface area contributed by atoms with Gasteiger partial charge in [-0.1, -0.05) is 36.4 Å². The zero-order valence-corrected chi connectivity index (χ0v) is 17.4. The molecule has 0 amide bonds. The Kier molecular flexibility index (Phi) is 8.32. The number of hydrogen-bond acceptors (Lipinski definition) is 8. The number of carbonyl (C=O) groups excluding carboxylic acids is 1. The van der Waals surface area contributed by atoms with Gasteiger partial charge in [0.1, 0.15) is 0 Å². The van der Waals surface area contributed by atoms with Gasteiger partial charge >= 0.3 is 5.97 Å². The summed E-state index contributed by atoms with van der Waals surface area (Å²) >= 11 is 0. The molecule has 0 aliphatic rings. The van der Waals surface area contributed by atoms with Crippen LogP contribution in [0.1, 0.15) is 19.3 Å². The minimum atomic E-state index is -4.14. The second-order valence-corrected chi connectivity index (χ2v) is 9.15. The standard InChI is InChI=1S/C19H22O8S2/c1-25-19(20)18(27-29(23,24)17-12-6-3-7-13-17)14-8-9-15-26-28(21,22)16-10-4-2-5-11-16/h2-7,10-13,18H,8-9,14-15H2,1H3. The lowest BCUT2D eigenvalue weighted by atomic mass is 10.1. The molecule has 0 N–H and O–H groups in total. The van der Waals surface area contributed by atoms with Gasteiger partial charge in [0.05, 0.1) is 23.5 Å². The van der Waals surface area contributed by atoms with Crippen molar-refractivity contribution in [2.45, 2.75) is 35.2 Å². The number of benzene rings is 2. The first kappa shape index (κ1) is 23.0. The van der Waals surface area contributed by atoms with Crippen LogP contribution in [-0.4, -0.2) is 42.6 Å². The van der Waals surface area contributed by atoms with Crippen molar-refractivity contribution in [1.29, 1.82) is 0 Å². The molecule has 0 spiro atoms. The molecule has 1 unspecified atom stereocenters. The molecule has 1 atom stereocenters. The van der Waals surface area contributed by atoms with Crippen LogP contribution in [0.3, 0.4) is 0 Å². The van der Waals surface area contributed by atoms with E-state index in [1.807, 2.05) is 0 Å². The van der Waals surface area contributed by atoms with Gasteiger partial charge in [0.25, 0.3) is 20.2 Å². The van der Waals surface area contributed by atoms with Crippen molar-refractivity contribution in [2.24, 2.45) is 0 Å². The van der Waals surface area contributed by atoms with Crippen molar-refractivity contribution in [3.8, 4) is 0 Å². The Balaban J connectivity index is 1.89. The Bertz CT molecular complexity index is 987. The summed E-state index contributed by atoms with van der Waals surface area (Å²) in [6, 6.07) is 15.1. The molecule has 0 bridgehead atoms. The number of unbranched alkanes of at least 4 members (excludes halogenated alkanes) is 1. The Morgan fingerprint density at radius 2 is 1.34 bits per heavy atom. The van der Waals surface area contributed by atoms with Crippen LogP contribution in [0.4, 0.5) is 0 Å². The van der Waals surface area contributed by atoms with Crippen LogP contribution in [-0.2, 0) is 38.1 Å². The number of carbonyl (C=O) groups is 1. The molecule has 29 heavy (non-hydrogen) atoms. The zero-order chi connectivity index (χ0) is 21.3. The Morgan fingerprint density at radius 3 is 1.86 bits per heavy atom. The van der Waals surface area contributed by atoms with Gasteiger partial charge in [-0.2, -0.15) is 16.8 Å². The van der Waals surface area contributed by atoms with Crippen molar-refractivity contribution >= 4 is 26.2 Å². The van der Waals surface area contributed by atoms with Gasteiger partial charge in [0, 0.05) is 0 Å². The van der Waals surface area contributed by atoms with E-state index in [0.717, 1.165) is 7.11 Å². The molecule has 10 heteroatoms. The van der Waals surface area contributed by atoms with Crippen LogP contribution in [0.15, 0.2) is 70.5 Å². The quantitative estimate of drug-likeness (QED) is 0.296. The van der Waals surface area contributed by atoms with Gasteiger partial charge in [-0.3, -0.25) is 8.37 Å². The van der Waals surface area contributed by atoms with Crippen LogP contribution in [0.2, 0.25) is 0 Å². The monoisotopic (exact) mass is 442 g/mol. The summed E-state index contributed by atoms with van der Waals surface area (Å²) in [5.74, 6) is -0.831. The lowest BCUT2D eigenvalue weighted by molar-refractivity contribution is -0.149. The van der Waals surface area contributed by atoms with Gasteiger partial charge < -0.3 is 4.74 Å². The fourth-order valence-corrected chi connectivity index (χ4v) is 4.43. The third kappa shape index (κ3) is 6.93. The molecule has 0 fully saturated rings. The maximum Gasteiger partial charge on any atom is 0.336 e. The Labute approximate surface area is 170 Å². The average molecular weight is 443 g/mol. The van der Waals surface area contributed by atoms with Gasteiger partial charge in [-0.05, 0) is 43.5 Å².